The number of halogens is 2. The predicted octanol–water partition coefficient (Wildman–Crippen LogP) is 5.13. The van der Waals surface area contributed by atoms with Gasteiger partial charge in [-0.2, -0.15) is 0 Å². The van der Waals surface area contributed by atoms with Crippen LogP contribution >= 0.6 is 15.9 Å². The Hall–Kier alpha value is -2.33. The number of hydrogen-bond donors (Lipinski definition) is 0. The van der Waals surface area contributed by atoms with Gasteiger partial charge in [-0.25, -0.2) is 9.37 Å². The Balaban J connectivity index is 2.12. The van der Waals surface area contributed by atoms with Gasteiger partial charge in [0.1, 0.15) is 12.1 Å². The molecular formula is C18H11BrFNO. The van der Waals surface area contributed by atoms with Crippen molar-refractivity contribution in [2.75, 3.05) is 0 Å². The van der Waals surface area contributed by atoms with Gasteiger partial charge < -0.3 is 0 Å². The summed E-state index contributed by atoms with van der Waals surface area (Å²) >= 11 is 3.39. The van der Waals surface area contributed by atoms with Crippen LogP contribution in [0.25, 0.3) is 22.5 Å². The van der Waals surface area contributed by atoms with E-state index in [4.69, 9.17) is 0 Å². The fraction of sp³-hybridized carbons (Fsp3) is 0. The Bertz CT molecular complexity index is 750. The van der Waals surface area contributed by atoms with Crippen LogP contribution in [0.1, 0.15) is 10.4 Å². The Morgan fingerprint density at radius 1 is 0.864 bits per heavy atom. The van der Waals surface area contributed by atoms with E-state index in [-0.39, 0.29) is 5.82 Å². The maximum atomic E-state index is 13.0. The molecular weight excluding hydrogens is 345 g/mol. The standard InChI is InChI=1S/C18H11BrFNO/c19-15-5-1-13(2-6-15)17-9-12(11-22)10-18(21-17)14-3-7-16(20)8-4-14/h1-11H. The molecule has 0 N–H and O–H groups in total. The highest BCUT2D eigenvalue weighted by molar-refractivity contribution is 9.10. The number of nitrogens with zero attached hydrogens (tertiary/aromatic N) is 1. The topological polar surface area (TPSA) is 30.0 Å². The summed E-state index contributed by atoms with van der Waals surface area (Å²) in [5.41, 5.74) is 3.56. The van der Waals surface area contributed by atoms with Crippen LogP contribution in [-0.2, 0) is 0 Å². The number of rotatable bonds is 3. The molecule has 0 fully saturated rings. The Morgan fingerprint density at radius 3 is 1.86 bits per heavy atom. The van der Waals surface area contributed by atoms with Gasteiger partial charge in [0.2, 0.25) is 0 Å². The molecule has 0 spiro atoms. The fourth-order valence-corrected chi connectivity index (χ4v) is 2.42. The molecule has 0 aliphatic carbocycles. The quantitative estimate of drug-likeness (QED) is 0.609. The minimum Gasteiger partial charge on any atom is -0.298 e. The number of hydrogen-bond acceptors (Lipinski definition) is 2. The Kier molecular flexibility index (Phi) is 4.11. The van der Waals surface area contributed by atoms with Crippen molar-refractivity contribution in [2.45, 2.75) is 0 Å². The average Bonchev–Trinajstić information content (AvgIpc) is 2.55. The van der Waals surface area contributed by atoms with Crippen LogP contribution in [0.4, 0.5) is 4.39 Å². The first-order chi connectivity index (χ1) is 10.7. The summed E-state index contributed by atoms with van der Waals surface area (Å²) in [6.07, 6.45) is 0.789. The Labute approximate surface area is 135 Å². The normalized spacial score (nSPS) is 10.5. The molecule has 0 aliphatic rings. The van der Waals surface area contributed by atoms with Crippen molar-refractivity contribution >= 4 is 22.2 Å². The van der Waals surface area contributed by atoms with Crippen LogP contribution in [0.3, 0.4) is 0 Å². The number of pyridine rings is 1. The highest BCUT2D eigenvalue weighted by Gasteiger charge is 2.07. The van der Waals surface area contributed by atoms with E-state index in [0.717, 1.165) is 21.9 Å². The van der Waals surface area contributed by atoms with Crippen molar-refractivity contribution in [1.29, 1.82) is 0 Å². The molecule has 0 bridgehead atoms. The van der Waals surface area contributed by atoms with Gasteiger partial charge in [0, 0.05) is 21.2 Å². The highest BCUT2D eigenvalue weighted by Crippen LogP contribution is 2.25. The van der Waals surface area contributed by atoms with Gasteiger partial charge in [0.15, 0.2) is 0 Å². The van der Waals surface area contributed by atoms with Crippen molar-refractivity contribution in [3.63, 3.8) is 0 Å². The molecule has 3 rings (SSSR count). The second-order valence-corrected chi connectivity index (χ2v) is 5.72. The lowest BCUT2D eigenvalue weighted by Crippen LogP contribution is -1.92. The zero-order chi connectivity index (χ0) is 15.5. The summed E-state index contributed by atoms with van der Waals surface area (Å²) in [6.45, 7) is 0. The molecule has 22 heavy (non-hydrogen) atoms. The van der Waals surface area contributed by atoms with E-state index in [0.29, 0.717) is 17.0 Å². The molecule has 0 aliphatic heterocycles. The first-order valence-electron chi connectivity index (χ1n) is 6.65. The number of carbonyl (C=O) groups excluding carboxylic acids is 1. The number of aromatic nitrogens is 1. The van der Waals surface area contributed by atoms with Crippen LogP contribution in [0, 0.1) is 5.82 Å². The van der Waals surface area contributed by atoms with Crippen molar-refractivity contribution < 1.29 is 9.18 Å². The molecule has 108 valence electrons. The molecule has 1 heterocycles. The second kappa shape index (κ2) is 6.20. The lowest BCUT2D eigenvalue weighted by atomic mass is 10.1. The van der Waals surface area contributed by atoms with E-state index in [1.807, 2.05) is 24.3 Å². The summed E-state index contributed by atoms with van der Waals surface area (Å²) in [5, 5.41) is 0. The summed E-state index contributed by atoms with van der Waals surface area (Å²) in [6, 6.07) is 17.2. The zero-order valence-corrected chi connectivity index (χ0v) is 13.0. The van der Waals surface area contributed by atoms with Crippen molar-refractivity contribution in [3.05, 3.63) is 76.5 Å². The predicted molar refractivity (Wildman–Crippen MR) is 88.2 cm³/mol. The van der Waals surface area contributed by atoms with E-state index in [9.17, 15) is 9.18 Å². The molecule has 0 atom stereocenters. The maximum absolute atomic E-state index is 13.0. The molecule has 1 aromatic heterocycles. The SMILES string of the molecule is O=Cc1cc(-c2ccc(F)cc2)nc(-c2ccc(Br)cc2)c1. The number of aldehydes is 1. The third kappa shape index (κ3) is 3.12. The van der Waals surface area contributed by atoms with Crippen LogP contribution in [0.5, 0.6) is 0 Å². The summed E-state index contributed by atoms with van der Waals surface area (Å²) in [5.74, 6) is -0.302. The molecule has 4 heteroatoms. The molecule has 2 aromatic carbocycles. The van der Waals surface area contributed by atoms with Crippen molar-refractivity contribution in [3.8, 4) is 22.5 Å². The summed E-state index contributed by atoms with van der Waals surface area (Å²) in [4.78, 5) is 15.8. The molecule has 0 saturated heterocycles. The minimum absolute atomic E-state index is 0.302. The number of carbonyl (C=O) groups is 1. The highest BCUT2D eigenvalue weighted by atomic mass is 79.9. The zero-order valence-electron chi connectivity index (χ0n) is 11.5. The summed E-state index contributed by atoms with van der Waals surface area (Å²) in [7, 11) is 0. The largest absolute Gasteiger partial charge is 0.298 e. The number of benzene rings is 2. The van der Waals surface area contributed by atoms with Crippen LogP contribution in [0.2, 0.25) is 0 Å². The van der Waals surface area contributed by atoms with Gasteiger partial charge in [0.25, 0.3) is 0 Å². The minimum atomic E-state index is -0.302. The summed E-state index contributed by atoms with van der Waals surface area (Å²) < 4.78 is 14.0. The van der Waals surface area contributed by atoms with Gasteiger partial charge in [-0.3, -0.25) is 4.79 Å². The molecule has 2 nitrogen and oxygen atoms in total. The van der Waals surface area contributed by atoms with Crippen LogP contribution in [-0.4, -0.2) is 11.3 Å². The smallest absolute Gasteiger partial charge is 0.150 e. The van der Waals surface area contributed by atoms with Gasteiger partial charge in [-0.15, -0.1) is 0 Å². The molecule has 0 saturated carbocycles. The first kappa shape index (κ1) is 14.6. The van der Waals surface area contributed by atoms with E-state index in [1.54, 1.807) is 24.3 Å². The average molecular weight is 356 g/mol. The Morgan fingerprint density at radius 2 is 1.36 bits per heavy atom. The monoisotopic (exact) mass is 355 g/mol. The van der Waals surface area contributed by atoms with Crippen molar-refractivity contribution in [1.82, 2.24) is 4.98 Å². The molecule has 0 amide bonds. The molecule has 0 radical (unpaired) electrons. The van der Waals surface area contributed by atoms with E-state index in [2.05, 4.69) is 20.9 Å². The van der Waals surface area contributed by atoms with Gasteiger partial charge in [-0.05, 0) is 48.5 Å². The second-order valence-electron chi connectivity index (χ2n) is 4.80. The van der Waals surface area contributed by atoms with E-state index < -0.39 is 0 Å². The molecule has 0 unspecified atom stereocenters. The third-order valence-corrected chi connectivity index (χ3v) is 3.79. The van der Waals surface area contributed by atoms with Gasteiger partial charge >= 0.3 is 0 Å². The van der Waals surface area contributed by atoms with Gasteiger partial charge in [-0.1, -0.05) is 28.1 Å². The van der Waals surface area contributed by atoms with Crippen LogP contribution in [0.15, 0.2) is 65.1 Å². The fourth-order valence-electron chi connectivity index (χ4n) is 2.16. The van der Waals surface area contributed by atoms with Crippen molar-refractivity contribution in [2.24, 2.45) is 0 Å². The van der Waals surface area contributed by atoms with E-state index in [1.165, 1.54) is 12.1 Å². The van der Waals surface area contributed by atoms with Crippen LogP contribution < -0.4 is 0 Å². The van der Waals surface area contributed by atoms with E-state index >= 15 is 0 Å². The van der Waals surface area contributed by atoms with Gasteiger partial charge in [0.05, 0.1) is 11.4 Å². The lowest BCUT2D eigenvalue weighted by Gasteiger charge is -2.07. The molecule has 3 aromatic rings. The first-order valence-corrected chi connectivity index (χ1v) is 7.44. The maximum Gasteiger partial charge on any atom is 0.150 e. The third-order valence-electron chi connectivity index (χ3n) is 3.26. The lowest BCUT2D eigenvalue weighted by molar-refractivity contribution is 0.112.